The molecule has 1 aromatic heterocycles. The molecule has 0 aliphatic carbocycles. The minimum absolute atomic E-state index is 0.0267. The Labute approximate surface area is 156 Å². The molecule has 1 heterocycles. The lowest BCUT2D eigenvalue weighted by atomic mass is 9.84. The molecule has 0 aliphatic heterocycles. The van der Waals surface area contributed by atoms with Gasteiger partial charge in [-0.2, -0.15) is 0 Å². The average Bonchev–Trinajstić information content (AvgIpc) is 2.58. The summed E-state index contributed by atoms with van der Waals surface area (Å²) in [6.45, 7) is 7.37. The number of pyridine rings is 1. The highest BCUT2D eigenvalue weighted by molar-refractivity contribution is 5.94. The molecular weight excluding hydrogens is 326 g/mol. The molecule has 0 bridgehead atoms. The Bertz CT molecular complexity index is 707. The highest BCUT2D eigenvalue weighted by atomic mass is 16.5. The summed E-state index contributed by atoms with van der Waals surface area (Å²) in [5.74, 6) is 0.532. The van der Waals surface area contributed by atoms with E-state index in [2.05, 4.69) is 41.5 Å². The lowest BCUT2D eigenvalue weighted by Gasteiger charge is -2.23. The summed E-state index contributed by atoms with van der Waals surface area (Å²) in [4.78, 5) is 19.0. The summed E-state index contributed by atoms with van der Waals surface area (Å²) < 4.78 is 5.57. The monoisotopic (exact) mass is 355 g/mol. The molecule has 1 N–H and O–H groups in total. The van der Waals surface area contributed by atoms with Gasteiger partial charge in [0.05, 0.1) is 11.9 Å². The van der Waals surface area contributed by atoms with Crippen molar-refractivity contribution in [1.29, 1.82) is 0 Å². The molecule has 1 aromatic carbocycles. The first kappa shape index (κ1) is 19.9. The lowest BCUT2D eigenvalue weighted by molar-refractivity contribution is -0.123. The zero-order chi connectivity index (χ0) is 19.2. The van der Waals surface area contributed by atoms with Crippen LogP contribution in [-0.2, 0) is 11.2 Å². The second-order valence-corrected chi connectivity index (χ2v) is 7.54. The molecule has 0 spiro atoms. The molecule has 0 fully saturated rings. The van der Waals surface area contributed by atoms with Crippen molar-refractivity contribution >= 4 is 11.6 Å². The molecule has 0 aliphatic rings. The molecule has 0 unspecified atom stereocenters. The van der Waals surface area contributed by atoms with Gasteiger partial charge in [-0.05, 0) is 39.1 Å². The number of hydrogen-bond donors (Lipinski definition) is 1. The van der Waals surface area contributed by atoms with Gasteiger partial charge < -0.3 is 15.0 Å². The van der Waals surface area contributed by atoms with Crippen molar-refractivity contribution in [2.45, 2.75) is 27.2 Å². The molecule has 26 heavy (non-hydrogen) atoms. The van der Waals surface area contributed by atoms with Gasteiger partial charge >= 0.3 is 0 Å². The van der Waals surface area contributed by atoms with E-state index in [1.165, 1.54) is 5.56 Å². The third kappa shape index (κ3) is 6.15. The number of aromatic nitrogens is 1. The van der Waals surface area contributed by atoms with Crippen LogP contribution in [0, 0.1) is 12.3 Å². The van der Waals surface area contributed by atoms with E-state index in [1.54, 1.807) is 12.3 Å². The van der Waals surface area contributed by atoms with Crippen molar-refractivity contribution < 1.29 is 9.53 Å². The molecule has 0 radical (unpaired) electrons. The van der Waals surface area contributed by atoms with Gasteiger partial charge in [0, 0.05) is 18.0 Å². The van der Waals surface area contributed by atoms with Crippen molar-refractivity contribution in [1.82, 2.24) is 9.88 Å². The van der Waals surface area contributed by atoms with Gasteiger partial charge in [0.1, 0.15) is 6.61 Å². The number of carbonyl (C=O) groups excluding carboxylic acids is 1. The van der Waals surface area contributed by atoms with Crippen LogP contribution in [0.25, 0.3) is 0 Å². The van der Waals surface area contributed by atoms with Gasteiger partial charge in [0.25, 0.3) is 0 Å². The molecule has 140 valence electrons. The number of ether oxygens (including phenoxy) is 1. The average molecular weight is 355 g/mol. The van der Waals surface area contributed by atoms with E-state index in [1.807, 2.05) is 38.9 Å². The number of nitrogens with zero attached hydrogens (tertiary/aromatic N) is 2. The number of benzene rings is 1. The summed E-state index contributed by atoms with van der Waals surface area (Å²) in [6, 6.07) is 11.9. The van der Waals surface area contributed by atoms with Gasteiger partial charge in [-0.1, -0.05) is 43.7 Å². The van der Waals surface area contributed by atoms with Crippen molar-refractivity contribution in [3.63, 3.8) is 0 Å². The van der Waals surface area contributed by atoms with Crippen LogP contribution in [0.5, 0.6) is 5.88 Å². The summed E-state index contributed by atoms with van der Waals surface area (Å²) in [5.41, 5.74) is 2.52. The first-order valence-corrected chi connectivity index (χ1v) is 8.87. The molecule has 2 rings (SSSR count). The first-order chi connectivity index (χ1) is 12.3. The maximum Gasteiger partial charge on any atom is 0.230 e. The summed E-state index contributed by atoms with van der Waals surface area (Å²) >= 11 is 0. The van der Waals surface area contributed by atoms with E-state index in [9.17, 15) is 4.79 Å². The fourth-order valence-corrected chi connectivity index (χ4v) is 2.47. The normalized spacial score (nSPS) is 11.5. The number of likely N-dealkylation sites (N-methyl/N-ethyl adjacent to an activating group) is 1. The SMILES string of the molecule is Cc1ccc(CC(C)(C)C(=O)Nc2ccc(OCCN(C)C)nc2)cc1. The number of aryl methyl sites for hydroxylation is 1. The molecule has 0 saturated heterocycles. The third-order valence-electron chi connectivity index (χ3n) is 4.16. The number of nitrogens with one attached hydrogen (secondary N) is 1. The van der Waals surface area contributed by atoms with E-state index in [0.717, 1.165) is 12.1 Å². The van der Waals surface area contributed by atoms with Crippen molar-refractivity contribution in [3.05, 3.63) is 53.7 Å². The van der Waals surface area contributed by atoms with Crippen LogP contribution >= 0.6 is 0 Å². The minimum atomic E-state index is -0.518. The Hall–Kier alpha value is -2.40. The Balaban J connectivity index is 1.92. The second-order valence-electron chi connectivity index (χ2n) is 7.54. The summed E-state index contributed by atoms with van der Waals surface area (Å²) in [5, 5.41) is 2.95. The summed E-state index contributed by atoms with van der Waals surface area (Å²) in [6.07, 6.45) is 2.31. The van der Waals surface area contributed by atoms with Crippen molar-refractivity contribution in [2.24, 2.45) is 5.41 Å². The number of rotatable bonds is 8. The van der Waals surface area contributed by atoms with Crippen molar-refractivity contribution in [2.75, 3.05) is 32.6 Å². The van der Waals surface area contributed by atoms with E-state index in [0.29, 0.717) is 24.6 Å². The maximum absolute atomic E-state index is 12.7. The van der Waals surface area contributed by atoms with Crippen LogP contribution in [0.4, 0.5) is 5.69 Å². The molecule has 1 amide bonds. The number of carbonyl (C=O) groups is 1. The molecule has 0 atom stereocenters. The lowest BCUT2D eigenvalue weighted by Crippen LogP contribution is -2.32. The molecule has 5 heteroatoms. The Morgan fingerprint density at radius 3 is 2.42 bits per heavy atom. The fourth-order valence-electron chi connectivity index (χ4n) is 2.47. The fraction of sp³-hybridized carbons (Fsp3) is 0.429. The number of anilines is 1. The second kappa shape index (κ2) is 8.81. The van der Waals surface area contributed by atoms with E-state index >= 15 is 0 Å². The highest BCUT2D eigenvalue weighted by Crippen LogP contribution is 2.24. The standard InChI is InChI=1S/C21H29N3O2/c1-16-6-8-17(9-7-16)14-21(2,3)20(25)23-18-10-11-19(22-15-18)26-13-12-24(4)5/h6-11,15H,12-14H2,1-5H3,(H,23,25). The van der Waals surface area contributed by atoms with Crippen LogP contribution in [0.2, 0.25) is 0 Å². The van der Waals surface area contributed by atoms with Gasteiger partial charge in [-0.25, -0.2) is 4.98 Å². The van der Waals surface area contributed by atoms with Crippen LogP contribution in [0.15, 0.2) is 42.6 Å². The topological polar surface area (TPSA) is 54.5 Å². The molecule has 0 saturated carbocycles. The molecule has 5 nitrogen and oxygen atoms in total. The van der Waals surface area contributed by atoms with E-state index in [-0.39, 0.29) is 5.91 Å². The van der Waals surface area contributed by atoms with Crippen LogP contribution < -0.4 is 10.1 Å². The predicted octanol–water partition coefficient (Wildman–Crippen LogP) is 3.54. The van der Waals surface area contributed by atoms with Crippen LogP contribution in [0.1, 0.15) is 25.0 Å². The zero-order valence-electron chi connectivity index (χ0n) is 16.4. The Morgan fingerprint density at radius 2 is 1.85 bits per heavy atom. The smallest absolute Gasteiger partial charge is 0.230 e. The largest absolute Gasteiger partial charge is 0.476 e. The van der Waals surface area contributed by atoms with Gasteiger partial charge in [0.15, 0.2) is 0 Å². The quantitative estimate of drug-likeness (QED) is 0.787. The third-order valence-corrected chi connectivity index (χ3v) is 4.16. The van der Waals surface area contributed by atoms with Crippen molar-refractivity contribution in [3.8, 4) is 5.88 Å². The van der Waals surface area contributed by atoms with Crippen LogP contribution in [-0.4, -0.2) is 43.0 Å². The van der Waals surface area contributed by atoms with Gasteiger partial charge in [-0.15, -0.1) is 0 Å². The predicted molar refractivity (Wildman–Crippen MR) is 106 cm³/mol. The molecule has 2 aromatic rings. The van der Waals surface area contributed by atoms with E-state index in [4.69, 9.17) is 4.74 Å². The summed E-state index contributed by atoms with van der Waals surface area (Å²) in [7, 11) is 3.99. The van der Waals surface area contributed by atoms with Gasteiger partial charge in [-0.3, -0.25) is 4.79 Å². The number of amides is 1. The molecular formula is C21H29N3O2. The van der Waals surface area contributed by atoms with Crippen LogP contribution in [0.3, 0.4) is 0 Å². The highest BCUT2D eigenvalue weighted by Gasteiger charge is 2.28. The Morgan fingerprint density at radius 1 is 1.15 bits per heavy atom. The van der Waals surface area contributed by atoms with E-state index < -0.39 is 5.41 Å². The zero-order valence-corrected chi connectivity index (χ0v) is 16.4. The Kier molecular flexibility index (Phi) is 6.75. The van der Waals surface area contributed by atoms with Gasteiger partial charge in [0.2, 0.25) is 11.8 Å². The number of hydrogen-bond acceptors (Lipinski definition) is 4. The minimum Gasteiger partial charge on any atom is -0.476 e. The maximum atomic E-state index is 12.7. The first-order valence-electron chi connectivity index (χ1n) is 8.87.